The SMILES string of the molecule is C=C[Si](OCCCO[Si](C=C)(c1ccccc1)c1ccccc1)(c1ccccc1)c1ccccc1. The lowest BCUT2D eigenvalue weighted by atomic mass is 10.4. The van der Waals surface area contributed by atoms with E-state index in [0.29, 0.717) is 13.2 Å². The van der Waals surface area contributed by atoms with Crippen LogP contribution in [0.1, 0.15) is 6.42 Å². The standard InChI is InChI=1S/C31H32O2Si2/c1-3-34(28-18-9-5-10-19-28,29-20-11-6-12-21-29)32-26-17-27-33-35(4-2,30-22-13-7-14-23-30)31-24-15-8-16-25-31/h3-16,18-25H,1-2,17,26-27H2. The molecule has 0 aromatic heterocycles. The molecule has 0 spiro atoms. The van der Waals surface area contributed by atoms with Crippen molar-refractivity contribution in [3.8, 4) is 0 Å². The Hall–Kier alpha value is -3.29. The molecule has 0 fully saturated rings. The lowest BCUT2D eigenvalue weighted by molar-refractivity contribution is 0.249. The van der Waals surface area contributed by atoms with Crippen molar-refractivity contribution >= 4 is 37.4 Å². The molecule has 4 aromatic carbocycles. The molecule has 4 aromatic rings. The van der Waals surface area contributed by atoms with Gasteiger partial charge >= 0.3 is 0 Å². The monoisotopic (exact) mass is 492 g/mol. The van der Waals surface area contributed by atoms with Crippen molar-refractivity contribution < 1.29 is 8.85 Å². The van der Waals surface area contributed by atoms with Crippen LogP contribution >= 0.6 is 0 Å². The van der Waals surface area contributed by atoms with E-state index in [0.717, 1.165) is 6.42 Å². The Bertz CT molecular complexity index is 1020. The Morgan fingerprint density at radius 1 is 0.457 bits per heavy atom. The van der Waals surface area contributed by atoms with Gasteiger partial charge in [-0.15, -0.1) is 13.2 Å². The van der Waals surface area contributed by atoms with Gasteiger partial charge in [0.1, 0.15) is 0 Å². The van der Waals surface area contributed by atoms with Gasteiger partial charge in [-0.1, -0.05) is 133 Å². The third kappa shape index (κ3) is 5.36. The van der Waals surface area contributed by atoms with Gasteiger partial charge < -0.3 is 8.85 Å². The summed E-state index contributed by atoms with van der Waals surface area (Å²) in [5, 5.41) is 4.80. The van der Waals surface area contributed by atoms with Crippen LogP contribution in [0.2, 0.25) is 0 Å². The van der Waals surface area contributed by atoms with Crippen molar-refractivity contribution in [1.82, 2.24) is 0 Å². The lowest BCUT2D eigenvalue weighted by Crippen LogP contribution is -2.60. The molecule has 4 heteroatoms. The molecule has 0 saturated carbocycles. The van der Waals surface area contributed by atoms with Gasteiger partial charge in [0.05, 0.1) is 0 Å². The Morgan fingerprint density at radius 2 is 0.714 bits per heavy atom. The normalized spacial score (nSPS) is 11.7. The molecule has 0 radical (unpaired) electrons. The van der Waals surface area contributed by atoms with Crippen LogP contribution in [0.25, 0.3) is 0 Å². The first-order valence-electron chi connectivity index (χ1n) is 12.0. The van der Waals surface area contributed by atoms with E-state index in [4.69, 9.17) is 8.85 Å². The Labute approximate surface area is 211 Å². The summed E-state index contributed by atoms with van der Waals surface area (Å²) in [5.41, 5.74) is 4.07. The van der Waals surface area contributed by atoms with Gasteiger partial charge in [-0.3, -0.25) is 0 Å². The van der Waals surface area contributed by atoms with Crippen LogP contribution in [0.3, 0.4) is 0 Å². The summed E-state index contributed by atoms with van der Waals surface area (Å²) in [4.78, 5) is 0. The summed E-state index contributed by atoms with van der Waals surface area (Å²) in [6.45, 7) is 9.61. The molecule has 0 heterocycles. The van der Waals surface area contributed by atoms with Gasteiger partial charge in [0.2, 0.25) is 0 Å². The zero-order valence-electron chi connectivity index (χ0n) is 20.1. The van der Waals surface area contributed by atoms with Crippen LogP contribution in [-0.2, 0) is 8.85 Å². The van der Waals surface area contributed by atoms with Crippen molar-refractivity contribution in [3.05, 3.63) is 146 Å². The maximum absolute atomic E-state index is 6.74. The van der Waals surface area contributed by atoms with E-state index >= 15 is 0 Å². The third-order valence-corrected chi connectivity index (χ3v) is 13.6. The zero-order chi connectivity index (χ0) is 24.4. The summed E-state index contributed by atoms with van der Waals surface area (Å²) >= 11 is 0. The zero-order valence-corrected chi connectivity index (χ0v) is 22.1. The fraction of sp³-hybridized carbons (Fsp3) is 0.0968. The first-order valence-corrected chi connectivity index (χ1v) is 16.0. The fourth-order valence-electron chi connectivity index (χ4n) is 4.52. The Balaban J connectivity index is 1.52. The summed E-state index contributed by atoms with van der Waals surface area (Å²) in [6.07, 6.45) is 0.782. The van der Waals surface area contributed by atoms with E-state index in [1.807, 2.05) is 35.7 Å². The molecule has 4 rings (SSSR count). The second-order valence-corrected chi connectivity index (χ2v) is 15.0. The van der Waals surface area contributed by atoms with Gasteiger partial charge in [0.25, 0.3) is 16.6 Å². The molecule has 0 amide bonds. The highest BCUT2D eigenvalue weighted by atomic mass is 28.4. The van der Waals surface area contributed by atoms with Gasteiger partial charge in [0.15, 0.2) is 0 Å². The third-order valence-electron chi connectivity index (χ3n) is 6.33. The lowest BCUT2D eigenvalue weighted by Gasteiger charge is -2.31. The van der Waals surface area contributed by atoms with E-state index in [2.05, 4.69) is 110 Å². The van der Waals surface area contributed by atoms with Crippen molar-refractivity contribution in [2.24, 2.45) is 0 Å². The molecule has 0 aliphatic rings. The highest BCUT2D eigenvalue weighted by Crippen LogP contribution is 2.13. The molecular formula is C31H32O2Si2. The van der Waals surface area contributed by atoms with Crippen LogP contribution in [-0.4, -0.2) is 29.8 Å². The number of hydrogen-bond acceptors (Lipinski definition) is 2. The van der Waals surface area contributed by atoms with E-state index in [-0.39, 0.29) is 0 Å². The second-order valence-electron chi connectivity index (χ2n) is 8.39. The highest BCUT2D eigenvalue weighted by Gasteiger charge is 2.38. The first-order chi connectivity index (χ1) is 17.2. The highest BCUT2D eigenvalue weighted by molar-refractivity contribution is 7.01. The van der Waals surface area contributed by atoms with Gasteiger partial charge in [-0.05, 0) is 27.2 Å². The molecule has 0 atom stereocenters. The molecule has 0 saturated heterocycles. The maximum atomic E-state index is 6.74. The molecule has 0 unspecified atom stereocenters. The molecular weight excluding hydrogens is 461 g/mol. The summed E-state index contributed by atoms with van der Waals surface area (Å²) in [5.74, 6) is 0. The van der Waals surface area contributed by atoms with E-state index < -0.39 is 16.6 Å². The van der Waals surface area contributed by atoms with Crippen molar-refractivity contribution in [2.75, 3.05) is 13.2 Å². The molecule has 0 N–H and O–H groups in total. The molecule has 0 bridgehead atoms. The van der Waals surface area contributed by atoms with Crippen LogP contribution in [0.15, 0.2) is 146 Å². The molecule has 0 aliphatic carbocycles. The minimum atomic E-state index is -2.55. The van der Waals surface area contributed by atoms with Gasteiger partial charge in [-0.25, -0.2) is 0 Å². The largest absolute Gasteiger partial charge is 0.405 e. The predicted molar refractivity (Wildman–Crippen MR) is 153 cm³/mol. The van der Waals surface area contributed by atoms with Crippen LogP contribution in [0, 0.1) is 0 Å². The van der Waals surface area contributed by atoms with E-state index in [9.17, 15) is 0 Å². The van der Waals surface area contributed by atoms with Crippen molar-refractivity contribution in [1.29, 1.82) is 0 Å². The Morgan fingerprint density at radius 3 is 0.943 bits per heavy atom. The number of rotatable bonds is 12. The average Bonchev–Trinajstić information content (AvgIpc) is 2.95. The summed E-state index contributed by atoms with van der Waals surface area (Å²) < 4.78 is 13.5. The predicted octanol–water partition coefficient (Wildman–Crippen LogP) is 4.38. The minimum Gasteiger partial charge on any atom is -0.405 e. The van der Waals surface area contributed by atoms with Gasteiger partial charge in [-0.2, -0.15) is 0 Å². The van der Waals surface area contributed by atoms with Crippen LogP contribution in [0.5, 0.6) is 0 Å². The van der Waals surface area contributed by atoms with Crippen molar-refractivity contribution in [3.63, 3.8) is 0 Å². The summed E-state index contributed by atoms with van der Waals surface area (Å²) in [7, 11) is -5.11. The maximum Gasteiger partial charge on any atom is 0.280 e. The van der Waals surface area contributed by atoms with E-state index in [1.54, 1.807) is 0 Å². The molecule has 35 heavy (non-hydrogen) atoms. The van der Waals surface area contributed by atoms with Crippen LogP contribution < -0.4 is 20.7 Å². The Kier molecular flexibility index (Phi) is 8.45. The van der Waals surface area contributed by atoms with Gasteiger partial charge in [0, 0.05) is 13.2 Å². The smallest absolute Gasteiger partial charge is 0.280 e. The minimum absolute atomic E-state index is 0.591. The average molecular weight is 493 g/mol. The quantitative estimate of drug-likeness (QED) is 0.216. The van der Waals surface area contributed by atoms with Crippen molar-refractivity contribution in [2.45, 2.75) is 6.42 Å². The van der Waals surface area contributed by atoms with Crippen LogP contribution in [0.4, 0.5) is 0 Å². The second kappa shape index (κ2) is 11.9. The number of benzene rings is 4. The molecule has 176 valence electrons. The molecule has 2 nitrogen and oxygen atoms in total. The summed E-state index contributed by atoms with van der Waals surface area (Å²) in [6, 6.07) is 41.9. The topological polar surface area (TPSA) is 18.5 Å². The first kappa shape index (κ1) is 24.8. The van der Waals surface area contributed by atoms with E-state index in [1.165, 1.54) is 20.7 Å². The number of hydrogen-bond donors (Lipinski definition) is 0. The fourth-order valence-corrected chi connectivity index (χ4v) is 10.7. The molecule has 0 aliphatic heterocycles.